The van der Waals surface area contributed by atoms with E-state index in [9.17, 15) is 4.91 Å². The van der Waals surface area contributed by atoms with Crippen LogP contribution in [-0.2, 0) is 0 Å². The van der Waals surface area contributed by atoms with Gasteiger partial charge in [0, 0.05) is 25.8 Å². The predicted molar refractivity (Wildman–Crippen MR) is 90.7 cm³/mol. The van der Waals surface area contributed by atoms with Gasteiger partial charge in [0.15, 0.2) is 12.0 Å². The van der Waals surface area contributed by atoms with Gasteiger partial charge in [0.25, 0.3) is 0 Å². The Kier molecular flexibility index (Phi) is 6.14. The van der Waals surface area contributed by atoms with E-state index in [2.05, 4.69) is 16.5 Å². The molecule has 0 atom stereocenters. The minimum absolute atomic E-state index is 0.496. The highest BCUT2D eigenvalue weighted by Gasteiger charge is 2.07. The number of imidazole rings is 1. The van der Waals surface area contributed by atoms with E-state index in [1.165, 1.54) is 17.9 Å². The fraction of sp³-hybridized carbons (Fsp3) is 0.375. The van der Waals surface area contributed by atoms with Gasteiger partial charge in [0.2, 0.25) is 0 Å². The molecule has 0 aliphatic carbocycles. The minimum Gasteiger partial charge on any atom is -0.497 e. The summed E-state index contributed by atoms with van der Waals surface area (Å²) in [5.41, 5.74) is 0.934. The summed E-state index contributed by atoms with van der Waals surface area (Å²) >= 11 is 0. The first-order valence-corrected chi connectivity index (χ1v) is 7.58. The van der Waals surface area contributed by atoms with Crippen molar-refractivity contribution in [2.45, 2.75) is 12.8 Å². The van der Waals surface area contributed by atoms with E-state index in [4.69, 9.17) is 10.00 Å². The van der Waals surface area contributed by atoms with Crippen LogP contribution in [0.4, 0.5) is 5.82 Å². The van der Waals surface area contributed by atoms with Crippen LogP contribution in [0.25, 0.3) is 5.69 Å². The predicted octanol–water partition coefficient (Wildman–Crippen LogP) is 2.56. The molecule has 8 nitrogen and oxygen atoms in total. The van der Waals surface area contributed by atoms with Crippen molar-refractivity contribution in [3.8, 4) is 17.6 Å². The quantitative estimate of drug-likeness (QED) is 0.487. The summed E-state index contributed by atoms with van der Waals surface area (Å²) in [6, 6.07) is 7.52. The van der Waals surface area contributed by atoms with Gasteiger partial charge in [-0.05, 0) is 37.1 Å². The second-order valence-corrected chi connectivity index (χ2v) is 5.24. The molecule has 0 spiro atoms. The average Bonchev–Trinajstić information content (AvgIpc) is 3.33. The lowest BCUT2D eigenvalue weighted by molar-refractivity contribution is 0.415. The first kappa shape index (κ1) is 17.3. The number of nitriles is 1. The second-order valence-electron chi connectivity index (χ2n) is 5.24. The van der Waals surface area contributed by atoms with Crippen LogP contribution in [0.1, 0.15) is 12.8 Å². The summed E-state index contributed by atoms with van der Waals surface area (Å²) in [5.74, 6) is 1.29. The molecule has 0 unspecified atom stereocenters. The summed E-state index contributed by atoms with van der Waals surface area (Å²) in [7, 11) is 3.17. The Bertz CT molecular complexity index is 685. The van der Waals surface area contributed by atoms with Crippen molar-refractivity contribution in [3.05, 3.63) is 41.7 Å². The number of ether oxygens (including phenoxy) is 1. The molecule has 1 aliphatic heterocycles. The number of rotatable bonds is 4. The molecule has 0 bridgehead atoms. The van der Waals surface area contributed by atoms with Crippen molar-refractivity contribution in [1.29, 1.82) is 5.26 Å². The number of nitroso groups, excluding NO2 is 1. The van der Waals surface area contributed by atoms with Crippen molar-refractivity contribution in [2.75, 3.05) is 32.3 Å². The van der Waals surface area contributed by atoms with Crippen LogP contribution < -0.4 is 9.75 Å². The Balaban J connectivity index is 0.000000249. The molecule has 1 aliphatic rings. The van der Waals surface area contributed by atoms with Gasteiger partial charge >= 0.3 is 0 Å². The van der Waals surface area contributed by atoms with E-state index in [1.807, 2.05) is 24.3 Å². The van der Waals surface area contributed by atoms with Crippen molar-refractivity contribution >= 4 is 5.82 Å². The third-order valence-electron chi connectivity index (χ3n) is 3.64. The molecule has 0 saturated carbocycles. The van der Waals surface area contributed by atoms with Crippen LogP contribution >= 0.6 is 0 Å². The van der Waals surface area contributed by atoms with E-state index in [0.717, 1.165) is 24.5 Å². The first-order chi connectivity index (χ1) is 11.7. The number of benzene rings is 1. The van der Waals surface area contributed by atoms with Gasteiger partial charge in [-0.3, -0.25) is 0 Å². The minimum atomic E-state index is 0.496. The average molecular weight is 328 g/mol. The zero-order valence-electron chi connectivity index (χ0n) is 13.8. The molecule has 2 aromatic rings. The Morgan fingerprint density at radius 3 is 2.46 bits per heavy atom. The van der Waals surface area contributed by atoms with E-state index in [0.29, 0.717) is 5.82 Å². The summed E-state index contributed by atoms with van der Waals surface area (Å²) in [4.78, 5) is 16.2. The van der Waals surface area contributed by atoms with Gasteiger partial charge in [-0.25, -0.2) is 9.99 Å². The van der Waals surface area contributed by atoms with Crippen LogP contribution in [0.5, 0.6) is 5.75 Å². The Morgan fingerprint density at radius 2 is 1.96 bits per heavy atom. The number of hydrogen-bond acceptors (Lipinski definition) is 6. The Labute approximate surface area is 140 Å². The van der Waals surface area contributed by atoms with E-state index in [1.54, 1.807) is 36.1 Å². The zero-order valence-corrected chi connectivity index (χ0v) is 13.8. The number of methoxy groups -OCH3 is 1. The van der Waals surface area contributed by atoms with E-state index < -0.39 is 0 Å². The second kappa shape index (κ2) is 8.53. The SMILES string of the molecule is COc1ccc(-n2cnc(N(C)N=O)c2)cc1.N#CN1CCCC1. The number of anilines is 1. The lowest BCUT2D eigenvalue weighted by atomic mass is 10.3. The smallest absolute Gasteiger partial charge is 0.179 e. The van der Waals surface area contributed by atoms with Gasteiger partial charge in [0.05, 0.1) is 18.6 Å². The molecule has 0 radical (unpaired) electrons. The first-order valence-electron chi connectivity index (χ1n) is 7.58. The van der Waals surface area contributed by atoms with Crippen molar-refractivity contribution in [2.24, 2.45) is 5.29 Å². The summed E-state index contributed by atoms with van der Waals surface area (Å²) in [6.07, 6.45) is 7.85. The van der Waals surface area contributed by atoms with E-state index >= 15 is 0 Å². The van der Waals surface area contributed by atoms with Crippen molar-refractivity contribution < 1.29 is 4.74 Å². The number of nitrogens with zero attached hydrogens (tertiary/aromatic N) is 6. The van der Waals surface area contributed by atoms with Crippen LogP contribution in [-0.4, -0.2) is 41.7 Å². The summed E-state index contributed by atoms with van der Waals surface area (Å²) < 4.78 is 6.88. The highest BCUT2D eigenvalue weighted by atomic mass is 16.5. The van der Waals surface area contributed by atoms with Gasteiger partial charge < -0.3 is 14.2 Å². The molecular weight excluding hydrogens is 308 g/mol. The molecule has 2 heterocycles. The molecule has 1 saturated heterocycles. The van der Waals surface area contributed by atoms with Crippen LogP contribution in [0.15, 0.2) is 42.1 Å². The number of likely N-dealkylation sites (tertiary alicyclic amines) is 1. The van der Waals surface area contributed by atoms with Crippen molar-refractivity contribution in [1.82, 2.24) is 14.5 Å². The maximum Gasteiger partial charge on any atom is 0.179 e. The molecule has 0 amide bonds. The highest BCUT2D eigenvalue weighted by molar-refractivity contribution is 5.42. The molecular formula is C16H20N6O2. The monoisotopic (exact) mass is 328 g/mol. The number of hydrogen-bond donors (Lipinski definition) is 0. The number of aromatic nitrogens is 2. The largest absolute Gasteiger partial charge is 0.497 e. The highest BCUT2D eigenvalue weighted by Crippen LogP contribution is 2.17. The standard InChI is InChI=1S/C11H12N4O2.C5H8N2/c1-14(13-16)11-7-15(8-12-11)9-3-5-10(17-2)6-4-9;6-5-7-3-1-2-4-7/h3-8H,1-2H3;1-4H2. The molecule has 8 heteroatoms. The van der Waals surface area contributed by atoms with Gasteiger partial charge in [0.1, 0.15) is 12.1 Å². The van der Waals surface area contributed by atoms with Crippen LogP contribution in [0, 0.1) is 16.4 Å². The molecule has 1 fully saturated rings. The Morgan fingerprint density at radius 1 is 1.29 bits per heavy atom. The lowest BCUT2D eigenvalue weighted by Gasteiger charge is -2.04. The molecule has 126 valence electrons. The van der Waals surface area contributed by atoms with Crippen LogP contribution in [0.2, 0.25) is 0 Å². The maximum absolute atomic E-state index is 10.3. The third kappa shape index (κ3) is 4.46. The van der Waals surface area contributed by atoms with Gasteiger partial charge in [-0.2, -0.15) is 5.26 Å². The third-order valence-corrected chi connectivity index (χ3v) is 3.64. The van der Waals surface area contributed by atoms with Crippen LogP contribution in [0.3, 0.4) is 0 Å². The molecule has 1 aromatic carbocycles. The fourth-order valence-electron chi connectivity index (χ4n) is 2.23. The van der Waals surface area contributed by atoms with Gasteiger partial charge in [-0.15, -0.1) is 4.91 Å². The molecule has 0 N–H and O–H groups in total. The van der Waals surface area contributed by atoms with E-state index in [-0.39, 0.29) is 0 Å². The van der Waals surface area contributed by atoms with Gasteiger partial charge in [-0.1, -0.05) is 0 Å². The topological polar surface area (TPSA) is 86.7 Å². The normalized spacial score (nSPS) is 12.8. The summed E-state index contributed by atoms with van der Waals surface area (Å²) in [5, 5.41) is 12.2. The molecule has 24 heavy (non-hydrogen) atoms. The molecule has 3 rings (SSSR count). The Hall–Kier alpha value is -3.08. The lowest BCUT2D eigenvalue weighted by Crippen LogP contribution is -2.10. The maximum atomic E-state index is 10.3. The zero-order chi connectivity index (χ0) is 17.4. The summed E-state index contributed by atoms with van der Waals surface area (Å²) in [6.45, 7) is 1.97. The fourth-order valence-corrected chi connectivity index (χ4v) is 2.23. The van der Waals surface area contributed by atoms with Crippen molar-refractivity contribution in [3.63, 3.8) is 0 Å². The molecule has 1 aromatic heterocycles.